The van der Waals surface area contributed by atoms with Crippen LogP contribution in [-0.2, 0) is 0 Å². The second-order valence-electron chi connectivity index (χ2n) is 3.04. The predicted octanol–water partition coefficient (Wildman–Crippen LogP) is 2.91. The van der Waals surface area contributed by atoms with Gasteiger partial charge in [0.05, 0.1) is 5.56 Å². The van der Waals surface area contributed by atoms with Crippen LogP contribution in [0, 0.1) is 3.57 Å². The smallest absolute Gasteiger partial charge is 0.345 e. The van der Waals surface area contributed by atoms with Gasteiger partial charge in [-0.1, -0.05) is 18.2 Å². The molecule has 0 bridgehead atoms. The fourth-order valence-corrected chi connectivity index (χ4v) is 1.79. The van der Waals surface area contributed by atoms with E-state index in [0.29, 0.717) is 11.4 Å². The number of carbonyl (C=O) groups excluding carboxylic acids is 1. The molecular weight excluding hydrogens is 317 g/mol. The van der Waals surface area contributed by atoms with Crippen LogP contribution >= 0.6 is 22.6 Å². The molecule has 0 saturated carbocycles. The minimum Gasteiger partial charge on any atom is -0.404 e. The number of aromatic nitrogens is 1. The van der Waals surface area contributed by atoms with E-state index in [2.05, 4.69) is 27.6 Å². The van der Waals surface area contributed by atoms with Crippen molar-refractivity contribution in [1.82, 2.24) is 4.98 Å². The molecule has 4 heteroatoms. The summed E-state index contributed by atoms with van der Waals surface area (Å²) in [7, 11) is 0. The summed E-state index contributed by atoms with van der Waals surface area (Å²) in [5.74, 6) is -0.0733. The molecule has 2 rings (SSSR count). The summed E-state index contributed by atoms with van der Waals surface area (Å²) in [5.41, 5.74) is 0.550. The minimum absolute atomic E-state index is 0.312. The zero-order valence-corrected chi connectivity index (χ0v) is 10.4. The Bertz CT molecular complexity index is 499. The van der Waals surface area contributed by atoms with E-state index in [0.717, 1.165) is 3.57 Å². The van der Waals surface area contributed by atoms with Gasteiger partial charge < -0.3 is 4.74 Å². The summed E-state index contributed by atoms with van der Waals surface area (Å²) in [5, 5.41) is 0. The van der Waals surface area contributed by atoms with E-state index in [1.54, 1.807) is 36.5 Å². The maximum atomic E-state index is 11.8. The van der Waals surface area contributed by atoms with E-state index in [-0.39, 0.29) is 5.97 Å². The topological polar surface area (TPSA) is 39.2 Å². The molecule has 0 spiro atoms. The minimum atomic E-state index is -0.385. The first-order valence-electron chi connectivity index (χ1n) is 4.65. The van der Waals surface area contributed by atoms with Crippen molar-refractivity contribution in [3.63, 3.8) is 0 Å². The molecular formula is C12H8INO2. The highest BCUT2D eigenvalue weighted by molar-refractivity contribution is 14.1. The first-order chi connectivity index (χ1) is 7.77. The molecule has 3 nitrogen and oxygen atoms in total. The van der Waals surface area contributed by atoms with Gasteiger partial charge in [-0.3, -0.25) is 0 Å². The highest BCUT2D eigenvalue weighted by Gasteiger charge is 2.11. The van der Waals surface area contributed by atoms with Crippen LogP contribution in [0.3, 0.4) is 0 Å². The molecule has 2 aromatic rings. The predicted molar refractivity (Wildman–Crippen MR) is 68.4 cm³/mol. The summed E-state index contributed by atoms with van der Waals surface area (Å²) in [6.07, 6.45) is 1.58. The molecule has 0 atom stereocenters. The molecule has 0 unspecified atom stereocenters. The third kappa shape index (κ3) is 2.57. The fourth-order valence-electron chi connectivity index (χ4n) is 1.18. The lowest BCUT2D eigenvalue weighted by molar-refractivity contribution is 0.0726. The lowest BCUT2D eigenvalue weighted by Crippen LogP contribution is -2.10. The molecule has 0 aliphatic heterocycles. The zero-order chi connectivity index (χ0) is 11.4. The third-order valence-electron chi connectivity index (χ3n) is 1.93. The van der Waals surface area contributed by atoms with Crippen LogP contribution in [0.15, 0.2) is 48.7 Å². The Morgan fingerprint density at radius 3 is 2.56 bits per heavy atom. The summed E-state index contributed by atoms with van der Waals surface area (Å²) in [6, 6.07) is 12.4. The molecule has 0 N–H and O–H groups in total. The number of hydrogen-bond donors (Lipinski definition) is 0. The van der Waals surface area contributed by atoms with Gasteiger partial charge in [-0.2, -0.15) is 0 Å². The van der Waals surface area contributed by atoms with E-state index in [9.17, 15) is 4.79 Å². The number of ether oxygens (including phenoxy) is 1. The monoisotopic (exact) mass is 325 g/mol. The molecule has 1 aromatic carbocycles. The molecule has 0 amide bonds. The molecule has 80 valence electrons. The second-order valence-corrected chi connectivity index (χ2v) is 4.20. The average molecular weight is 325 g/mol. The number of hydrogen-bond acceptors (Lipinski definition) is 3. The van der Waals surface area contributed by atoms with Crippen LogP contribution in [-0.4, -0.2) is 11.0 Å². The van der Waals surface area contributed by atoms with Gasteiger partial charge in [0.2, 0.25) is 5.88 Å². The quantitative estimate of drug-likeness (QED) is 0.630. The first kappa shape index (κ1) is 11.1. The van der Waals surface area contributed by atoms with Crippen molar-refractivity contribution in [3.05, 3.63) is 57.8 Å². The lowest BCUT2D eigenvalue weighted by Gasteiger charge is -2.04. The maximum Gasteiger partial charge on any atom is 0.345 e. The number of benzene rings is 1. The summed E-state index contributed by atoms with van der Waals surface area (Å²) in [4.78, 5) is 15.7. The van der Waals surface area contributed by atoms with Crippen LogP contribution < -0.4 is 4.74 Å². The van der Waals surface area contributed by atoms with Gasteiger partial charge in [0.15, 0.2) is 0 Å². The van der Waals surface area contributed by atoms with Gasteiger partial charge in [0.25, 0.3) is 0 Å². The summed E-state index contributed by atoms with van der Waals surface area (Å²) in [6.45, 7) is 0. The number of pyridine rings is 1. The van der Waals surface area contributed by atoms with Crippen molar-refractivity contribution < 1.29 is 9.53 Å². The van der Waals surface area contributed by atoms with E-state index >= 15 is 0 Å². The Labute approximate surface area is 107 Å². The molecule has 0 radical (unpaired) electrons. The molecule has 16 heavy (non-hydrogen) atoms. The van der Waals surface area contributed by atoms with Crippen molar-refractivity contribution >= 4 is 28.6 Å². The van der Waals surface area contributed by atoms with Crippen LogP contribution in [0.1, 0.15) is 10.4 Å². The highest BCUT2D eigenvalue weighted by atomic mass is 127. The Morgan fingerprint density at radius 2 is 1.88 bits per heavy atom. The zero-order valence-electron chi connectivity index (χ0n) is 8.26. The third-order valence-corrected chi connectivity index (χ3v) is 2.87. The van der Waals surface area contributed by atoms with Gasteiger partial charge in [-0.15, -0.1) is 0 Å². The van der Waals surface area contributed by atoms with Crippen molar-refractivity contribution in [1.29, 1.82) is 0 Å². The van der Waals surface area contributed by atoms with E-state index in [1.807, 2.05) is 12.1 Å². The summed E-state index contributed by atoms with van der Waals surface area (Å²) >= 11 is 2.10. The molecule has 0 aliphatic rings. The average Bonchev–Trinajstić information content (AvgIpc) is 2.31. The van der Waals surface area contributed by atoms with Crippen LogP contribution in [0.5, 0.6) is 5.88 Å². The Hall–Kier alpha value is -1.43. The normalized spacial score (nSPS) is 9.81. The van der Waals surface area contributed by atoms with Crippen LogP contribution in [0.2, 0.25) is 0 Å². The van der Waals surface area contributed by atoms with Gasteiger partial charge in [0, 0.05) is 15.8 Å². The van der Waals surface area contributed by atoms with Crippen molar-refractivity contribution in [3.8, 4) is 5.88 Å². The SMILES string of the molecule is O=C(Oc1ccccn1)c1ccccc1I. The number of nitrogens with zero attached hydrogens (tertiary/aromatic N) is 1. The molecule has 1 aromatic heterocycles. The van der Waals surface area contributed by atoms with E-state index in [4.69, 9.17) is 4.74 Å². The number of esters is 1. The first-order valence-corrected chi connectivity index (χ1v) is 5.73. The maximum absolute atomic E-state index is 11.8. The van der Waals surface area contributed by atoms with E-state index in [1.165, 1.54) is 0 Å². The lowest BCUT2D eigenvalue weighted by atomic mass is 10.2. The van der Waals surface area contributed by atoms with Crippen molar-refractivity contribution in [2.24, 2.45) is 0 Å². The van der Waals surface area contributed by atoms with Crippen LogP contribution in [0.4, 0.5) is 0 Å². The van der Waals surface area contributed by atoms with Gasteiger partial charge in [-0.25, -0.2) is 9.78 Å². The number of rotatable bonds is 2. The van der Waals surface area contributed by atoms with Crippen molar-refractivity contribution in [2.45, 2.75) is 0 Å². The molecule has 0 saturated heterocycles. The van der Waals surface area contributed by atoms with Gasteiger partial charge in [0.1, 0.15) is 0 Å². The Kier molecular flexibility index (Phi) is 3.51. The van der Waals surface area contributed by atoms with Gasteiger partial charge in [-0.05, 0) is 40.8 Å². The van der Waals surface area contributed by atoms with Gasteiger partial charge >= 0.3 is 5.97 Å². The largest absolute Gasteiger partial charge is 0.404 e. The number of halogens is 1. The fraction of sp³-hybridized carbons (Fsp3) is 0. The van der Waals surface area contributed by atoms with E-state index < -0.39 is 0 Å². The Morgan fingerprint density at radius 1 is 1.12 bits per heavy atom. The molecule has 1 heterocycles. The van der Waals surface area contributed by atoms with Crippen molar-refractivity contribution in [2.75, 3.05) is 0 Å². The molecule has 0 fully saturated rings. The standard InChI is InChI=1S/C12H8INO2/c13-10-6-2-1-5-9(10)12(15)16-11-7-3-4-8-14-11/h1-8H. The second kappa shape index (κ2) is 5.07. The number of carbonyl (C=O) groups is 1. The highest BCUT2D eigenvalue weighted by Crippen LogP contribution is 2.14. The summed E-state index contributed by atoms with van der Waals surface area (Å²) < 4.78 is 5.99. The Balaban J connectivity index is 2.19. The molecule has 0 aliphatic carbocycles. The van der Waals surface area contributed by atoms with Crippen LogP contribution in [0.25, 0.3) is 0 Å².